The topological polar surface area (TPSA) is 60.8 Å². The van der Waals surface area contributed by atoms with Crippen LogP contribution in [0.4, 0.5) is 0 Å². The van der Waals surface area contributed by atoms with E-state index < -0.39 is 12.2 Å². The minimum atomic E-state index is -0.826. The molecule has 2 N–H and O–H groups in total. The van der Waals surface area contributed by atoms with Crippen molar-refractivity contribution in [1.29, 1.82) is 0 Å². The summed E-state index contributed by atoms with van der Waals surface area (Å²) in [5.41, 5.74) is 1.53. The summed E-state index contributed by atoms with van der Waals surface area (Å²) in [6.07, 6.45) is -1.65. The van der Waals surface area contributed by atoms with Crippen molar-refractivity contribution in [2.45, 2.75) is 19.1 Å². The minimum Gasteiger partial charge on any atom is -0.388 e. The maximum Gasteiger partial charge on any atom is 0.254 e. The zero-order chi connectivity index (χ0) is 11.7. The number of hydrogen-bond acceptors (Lipinski definition) is 3. The molecular weight excluding hydrogens is 206 g/mol. The van der Waals surface area contributed by atoms with Gasteiger partial charge in [0.05, 0.1) is 12.2 Å². The zero-order valence-electron chi connectivity index (χ0n) is 9.13. The first-order valence-corrected chi connectivity index (χ1v) is 5.30. The molecule has 1 aliphatic heterocycles. The van der Waals surface area contributed by atoms with Gasteiger partial charge in [-0.2, -0.15) is 0 Å². The smallest absolute Gasteiger partial charge is 0.254 e. The second-order valence-corrected chi connectivity index (χ2v) is 4.16. The van der Waals surface area contributed by atoms with Crippen LogP contribution in [0.3, 0.4) is 0 Å². The fourth-order valence-electron chi connectivity index (χ4n) is 1.92. The van der Waals surface area contributed by atoms with Gasteiger partial charge in [-0.3, -0.25) is 4.79 Å². The van der Waals surface area contributed by atoms with Crippen LogP contribution in [0, 0.1) is 6.92 Å². The second-order valence-electron chi connectivity index (χ2n) is 4.16. The Bertz CT molecular complexity index is 395. The number of hydrogen-bond donors (Lipinski definition) is 2. The van der Waals surface area contributed by atoms with Crippen molar-refractivity contribution in [2.75, 3.05) is 13.1 Å². The first-order valence-electron chi connectivity index (χ1n) is 5.30. The summed E-state index contributed by atoms with van der Waals surface area (Å²) in [5.74, 6) is -0.131. The molecule has 86 valence electrons. The van der Waals surface area contributed by atoms with Gasteiger partial charge in [0, 0.05) is 18.7 Å². The van der Waals surface area contributed by atoms with Crippen LogP contribution in [0.5, 0.6) is 0 Å². The summed E-state index contributed by atoms with van der Waals surface area (Å²) >= 11 is 0. The van der Waals surface area contributed by atoms with Crippen LogP contribution < -0.4 is 0 Å². The van der Waals surface area contributed by atoms with Crippen molar-refractivity contribution in [2.24, 2.45) is 0 Å². The van der Waals surface area contributed by atoms with E-state index in [1.54, 1.807) is 6.07 Å². The summed E-state index contributed by atoms with van der Waals surface area (Å²) in [6, 6.07) is 7.31. The monoisotopic (exact) mass is 221 g/mol. The number of rotatable bonds is 1. The van der Waals surface area contributed by atoms with Gasteiger partial charge in [0.15, 0.2) is 0 Å². The third-order valence-corrected chi connectivity index (χ3v) is 2.92. The quantitative estimate of drug-likeness (QED) is 0.710. The van der Waals surface area contributed by atoms with Crippen LogP contribution in [-0.2, 0) is 0 Å². The average Bonchev–Trinajstić information content (AvgIpc) is 2.59. The SMILES string of the molecule is Cc1ccccc1C(=O)N1CC(O)C(O)C1. The highest BCUT2D eigenvalue weighted by Gasteiger charge is 2.33. The molecule has 0 saturated carbocycles. The molecule has 1 aliphatic rings. The molecule has 1 aromatic rings. The first-order chi connectivity index (χ1) is 7.59. The summed E-state index contributed by atoms with van der Waals surface area (Å²) in [7, 11) is 0. The fourth-order valence-corrected chi connectivity index (χ4v) is 1.92. The van der Waals surface area contributed by atoms with E-state index in [9.17, 15) is 15.0 Å². The number of aliphatic hydroxyl groups excluding tert-OH is 2. The lowest BCUT2D eigenvalue weighted by molar-refractivity contribution is 0.0572. The highest BCUT2D eigenvalue weighted by Crippen LogP contribution is 2.16. The number of aryl methyl sites for hydroxylation is 1. The number of likely N-dealkylation sites (tertiary alicyclic amines) is 1. The number of aliphatic hydroxyl groups is 2. The van der Waals surface area contributed by atoms with Gasteiger partial charge in [-0.05, 0) is 18.6 Å². The van der Waals surface area contributed by atoms with Crippen LogP contribution in [0.2, 0.25) is 0 Å². The number of benzene rings is 1. The number of nitrogens with zero attached hydrogens (tertiary/aromatic N) is 1. The molecule has 0 radical (unpaired) electrons. The molecule has 0 bridgehead atoms. The van der Waals surface area contributed by atoms with E-state index in [0.29, 0.717) is 5.56 Å². The maximum atomic E-state index is 12.1. The lowest BCUT2D eigenvalue weighted by Gasteiger charge is -2.16. The molecule has 1 fully saturated rings. The van der Waals surface area contributed by atoms with Crippen LogP contribution in [0.1, 0.15) is 15.9 Å². The van der Waals surface area contributed by atoms with Gasteiger partial charge >= 0.3 is 0 Å². The van der Waals surface area contributed by atoms with E-state index in [0.717, 1.165) is 5.56 Å². The summed E-state index contributed by atoms with van der Waals surface area (Å²) in [5, 5.41) is 18.8. The first kappa shape index (κ1) is 11.1. The Morgan fingerprint density at radius 3 is 2.38 bits per heavy atom. The van der Waals surface area contributed by atoms with Crippen LogP contribution in [-0.4, -0.2) is 46.3 Å². The predicted molar refractivity (Wildman–Crippen MR) is 59.1 cm³/mol. The molecule has 0 aromatic heterocycles. The van der Waals surface area contributed by atoms with Gasteiger partial charge in [-0.15, -0.1) is 0 Å². The van der Waals surface area contributed by atoms with Crippen molar-refractivity contribution in [3.8, 4) is 0 Å². The van der Waals surface area contributed by atoms with E-state index in [4.69, 9.17) is 0 Å². The lowest BCUT2D eigenvalue weighted by atomic mass is 10.1. The van der Waals surface area contributed by atoms with E-state index in [1.807, 2.05) is 25.1 Å². The highest BCUT2D eigenvalue weighted by molar-refractivity contribution is 5.95. The molecule has 4 nitrogen and oxygen atoms in total. The van der Waals surface area contributed by atoms with Crippen molar-refractivity contribution in [3.05, 3.63) is 35.4 Å². The summed E-state index contributed by atoms with van der Waals surface area (Å²) in [4.78, 5) is 13.5. The van der Waals surface area contributed by atoms with Crippen molar-refractivity contribution >= 4 is 5.91 Å². The van der Waals surface area contributed by atoms with Crippen molar-refractivity contribution < 1.29 is 15.0 Å². The summed E-state index contributed by atoms with van der Waals surface area (Å²) < 4.78 is 0. The Labute approximate surface area is 94.1 Å². The molecule has 0 spiro atoms. The largest absolute Gasteiger partial charge is 0.388 e. The molecular formula is C12H15NO3. The number of carbonyl (C=O) groups is 1. The Kier molecular flexibility index (Phi) is 2.94. The lowest BCUT2D eigenvalue weighted by Crippen LogP contribution is -2.30. The Balaban J connectivity index is 2.18. The van der Waals surface area contributed by atoms with Gasteiger partial charge < -0.3 is 15.1 Å². The van der Waals surface area contributed by atoms with Gasteiger partial charge in [0.25, 0.3) is 5.91 Å². The number of β-amino-alcohol motifs (C(OH)–C–C–N with tert-alkyl or cyclic N) is 2. The van der Waals surface area contributed by atoms with Crippen molar-refractivity contribution in [3.63, 3.8) is 0 Å². The average molecular weight is 221 g/mol. The van der Waals surface area contributed by atoms with Gasteiger partial charge in [0.2, 0.25) is 0 Å². The van der Waals surface area contributed by atoms with E-state index in [1.165, 1.54) is 4.90 Å². The van der Waals surface area contributed by atoms with Crippen LogP contribution >= 0.6 is 0 Å². The molecule has 2 rings (SSSR count). The molecule has 1 aromatic carbocycles. The third kappa shape index (κ3) is 1.94. The van der Waals surface area contributed by atoms with Crippen LogP contribution in [0.15, 0.2) is 24.3 Å². The zero-order valence-corrected chi connectivity index (χ0v) is 9.13. The highest BCUT2D eigenvalue weighted by atomic mass is 16.3. The molecule has 1 heterocycles. The molecule has 0 aliphatic carbocycles. The van der Waals surface area contributed by atoms with Crippen molar-refractivity contribution in [1.82, 2.24) is 4.90 Å². The van der Waals surface area contributed by atoms with E-state index in [-0.39, 0.29) is 19.0 Å². The molecule has 16 heavy (non-hydrogen) atoms. The second kappa shape index (κ2) is 4.23. The molecule has 4 heteroatoms. The van der Waals surface area contributed by atoms with Gasteiger partial charge in [0.1, 0.15) is 0 Å². The molecule has 2 atom stereocenters. The Morgan fingerprint density at radius 1 is 1.25 bits per heavy atom. The van der Waals surface area contributed by atoms with Gasteiger partial charge in [-0.25, -0.2) is 0 Å². The third-order valence-electron chi connectivity index (χ3n) is 2.92. The molecule has 1 saturated heterocycles. The number of amides is 1. The Hall–Kier alpha value is -1.39. The normalized spacial score (nSPS) is 24.8. The van der Waals surface area contributed by atoms with E-state index in [2.05, 4.69) is 0 Å². The standard InChI is InChI=1S/C12H15NO3/c1-8-4-2-3-5-9(8)12(16)13-6-10(14)11(15)7-13/h2-5,10-11,14-15H,6-7H2,1H3. The fraction of sp³-hybridized carbons (Fsp3) is 0.417. The number of carbonyl (C=O) groups excluding carboxylic acids is 1. The molecule has 1 amide bonds. The van der Waals surface area contributed by atoms with E-state index >= 15 is 0 Å². The summed E-state index contributed by atoms with van der Waals surface area (Å²) in [6.45, 7) is 2.28. The maximum absolute atomic E-state index is 12.1. The molecule has 2 unspecified atom stereocenters. The predicted octanol–water partition coefficient (Wildman–Crippen LogP) is 0.173. The van der Waals surface area contributed by atoms with Gasteiger partial charge in [-0.1, -0.05) is 18.2 Å². The minimum absolute atomic E-state index is 0.131. The van der Waals surface area contributed by atoms with Crippen LogP contribution in [0.25, 0.3) is 0 Å². The Morgan fingerprint density at radius 2 is 1.81 bits per heavy atom.